The topological polar surface area (TPSA) is 23.5 Å². The minimum atomic E-state index is -0.0489. The van der Waals surface area contributed by atoms with Crippen molar-refractivity contribution in [2.75, 3.05) is 6.54 Å². The normalized spacial score (nSPS) is 46.0. The van der Waals surface area contributed by atoms with E-state index >= 15 is 0 Å². The molecule has 0 radical (unpaired) electrons. The summed E-state index contributed by atoms with van der Waals surface area (Å²) in [7, 11) is 0. The summed E-state index contributed by atoms with van der Waals surface area (Å²) >= 11 is 0. The van der Waals surface area contributed by atoms with Gasteiger partial charge in [0.25, 0.3) is 0 Å². The van der Waals surface area contributed by atoms with Crippen LogP contribution in [0.15, 0.2) is 0 Å². The lowest BCUT2D eigenvalue weighted by Crippen LogP contribution is -2.54. The van der Waals surface area contributed by atoms with E-state index in [4.69, 9.17) is 0 Å². The van der Waals surface area contributed by atoms with E-state index in [0.29, 0.717) is 6.04 Å². The van der Waals surface area contributed by atoms with Gasteiger partial charge in [0.1, 0.15) is 0 Å². The molecular weight excluding hydrogens is 222 g/mol. The fourth-order valence-corrected chi connectivity index (χ4v) is 4.85. The minimum absolute atomic E-state index is 0.0489. The molecule has 0 amide bonds. The molecule has 2 aliphatic carbocycles. The van der Waals surface area contributed by atoms with E-state index < -0.39 is 0 Å². The third-order valence-electron chi connectivity index (χ3n) is 5.93. The Kier molecular flexibility index (Phi) is 3.95. The molecule has 2 saturated carbocycles. The van der Waals surface area contributed by atoms with Crippen molar-refractivity contribution < 1.29 is 5.11 Å². The highest BCUT2D eigenvalue weighted by molar-refractivity contribution is 4.96. The minimum Gasteiger partial charge on any atom is -0.391 e. The van der Waals surface area contributed by atoms with Crippen molar-refractivity contribution >= 4 is 0 Å². The van der Waals surface area contributed by atoms with E-state index in [1.54, 1.807) is 0 Å². The number of nitrogens with zero attached hydrogens (tertiary/aromatic N) is 1. The van der Waals surface area contributed by atoms with Gasteiger partial charge in [-0.05, 0) is 63.3 Å². The third-order valence-corrected chi connectivity index (χ3v) is 5.93. The second kappa shape index (κ2) is 5.50. The van der Waals surface area contributed by atoms with Gasteiger partial charge < -0.3 is 5.11 Å². The molecule has 3 aliphatic rings. The molecule has 1 N–H and O–H groups in total. The largest absolute Gasteiger partial charge is 0.391 e. The molecule has 2 heteroatoms. The molecule has 0 spiro atoms. The Bertz CT molecular complexity index is 280. The summed E-state index contributed by atoms with van der Waals surface area (Å²) in [5.41, 5.74) is 0. The summed E-state index contributed by atoms with van der Waals surface area (Å²) in [6.45, 7) is 3.56. The van der Waals surface area contributed by atoms with Crippen molar-refractivity contribution in [3.63, 3.8) is 0 Å². The maximum absolute atomic E-state index is 10.4. The standard InChI is InChI=1S/C16H29NO/c1-2-12-8-9-16(18)15(11-12)17-10-4-6-13-5-3-7-14(13)17/h12-16,18H,2-11H2,1H3. The van der Waals surface area contributed by atoms with Crippen molar-refractivity contribution in [3.8, 4) is 0 Å². The van der Waals surface area contributed by atoms with E-state index in [1.807, 2.05) is 0 Å². The average molecular weight is 251 g/mol. The summed E-state index contributed by atoms with van der Waals surface area (Å²) in [6.07, 6.45) is 11.9. The number of fused-ring (bicyclic) bond motifs is 1. The predicted octanol–water partition coefficient (Wildman–Crippen LogP) is 3.19. The fraction of sp³-hybridized carbons (Fsp3) is 1.00. The van der Waals surface area contributed by atoms with E-state index in [1.165, 1.54) is 57.9 Å². The number of aliphatic hydroxyl groups excluding tert-OH is 1. The lowest BCUT2D eigenvalue weighted by molar-refractivity contribution is -0.0378. The first kappa shape index (κ1) is 12.9. The molecular formula is C16H29NO. The van der Waals surface area contributed by atoms with Crippen LogP contribution in [0.3, 0.4) is 0 Å². The van der Waals surface area contributed by atoms with Gasteiger partial charge in [0, 0.05) is 12.1 Å². The van der Waals surface area contributed by atoms with Crippen LogP contribution in [0.1, 0.15) is 64.7 Å². The van der Waals surface area contributed by atoms with Gasteiger partial charge in [0.2, 0.25) is 0 Å². The number of hydrogen-bond acceptors (Lipinski definition) is 2. The average Bonchev–Trinajstić information content (AvgIpc) is 2.87. The zero-order chi connectivity index (χ0) is 12.5. The molecule has 104 valence electrons. The molecule has 1 saturated heterocycles. The zero-order valence-corrected chi connectivity index (χ0v) is 11.9. The molecule has 3 fully saturated rings. The Labute approximate surface area is 112 Å². The smallest absolute Gasteiger partial charge is 0.0695 e. The van der Waals surface area contributed by atoms with E-state index in [0.717, 1.165) is 24.3 Å². The third kappa shape index (κ3) is 2.34. The molecule has 5 atom stereocenters. The Morgan fingerprint density at radius 1 is 1.00 bits per heavy atom. The van der Waals surface area contributed by atoms with Crippen molar-refractivity contribution in [2.45, 2.75) is 82.9 Å². The van der Waals surface area contributed by atoms with Crippen LogP contribution >= 0.6 is 0 Å². The van der Waals surface area contributed by atoms with E-state index in [2.05, 4.69) is 11.8 Å². The molecule has 1 aliphatic heterocycles. The quantitative estimate of drug-likeness (QED) is 0.814. The SMILES string of the molecule is CCC1CCC(O)C(N2CCCC3CCCC32)C1. The Morgan fingerprint density at radius 2 is 1.83 bits per heavy atom. The van der Waals surface area contributed by atoms with Crippen molar-refractivity contribution in [3.05, 3.63) is 0 Å². The van der Waals surface area contributed by atoms with Crippen LogP contribution in [0.4, 0.5) is 0 Å². The number of aliphatic hydroxyl groups is 1. The number of hydrogen-bond donors (Lipinski definition) is 1. The summed E-state index contributed by atoms with van der Waals surface area (Å²) in [4.78, 5) is 2.73. The summed E-state index contributed by atoms with van der Waals surface area (Å²) in [5, 5.41) is 10.4. The van der Waals surface area contributed by atoms with Crippen LogP contribution in [0.5, 0.6) is 0 Å². The van der Waals surface area contributed by atoms with Gasteiger partial charge in [-0.25, -0.2) is 0 Å². The highest BCUT2D eigenvalue weighted by Crippen LogP contribution is 2.41. The van der Waals surface area contributed by atoms with Crippen molar-refractivity contribution in [1.29, 1.82) is 0 Å². The van der Waals surface area contributed by atoms with Crippen molar-refractivity contribution in [1.82, 2.24) is 4.90 Å². The molecule has 1 heterocycles. The first-order valence-corrected chi connectivity index (χ1v) is 8.23. The maximum Gasteiger partial charge on any atom is 0.0695 e. The first-order valence-electron chi connectivity index (χ1n) is 8.23. The predicted molar refractivity (Wildman–Crippen MR) is 74.5 cm³/mol. The van der Waals surface area contributed by atoms with Gasteiger partial charge in [-0.2, -0.15) is 0 Å². The summed E-state index contributed by atoms with van der Waals surface area (Å²) in [5.74, 6) is 1.81. The van der Waals surface area contributed by atoms with Gasteiger partial charge in [0.05, 0.1) is 6.10 Å². The maximum atomic E-state index is 10.4. The number of likely N-dealkylation sites (tertiary alicyclic amines) is 1. The second-order valence-electron chi connectivity index (χ2n) is 6.86. The highest BCUT2D eigenvalue weighted by Gasteiger charge is 2.41. The molecule has 3 rings (SSSR count). The Balaban J connectivity index is 1.71. The van der Waals surface area contributed by atoms with Crippen LogP contribution in [-0.4, -0.2) is 34.7 Å². The van der Waals surface area contributed by atoms with Crippen LogP contribution < -0.4 is 0 Å². The number of rotatable bonds is 2. The van der Waals surface area contributed by atoms with Gasteiger partial charge in [-0.15, -0.1) is 0 Å². The van der Waals surface area contributed by atoms with E-state index in [-0.39, 0.29) is 6.10 Å². The number of piperidine rings is 1. The second-order valence-corrected chi connectivity index (χ2v) is 6.86. The zero-order valence-electron chi connectivity index (χ0n) is 11.9. The molecule has 0 aromatic carbocycles. The monoisotopic (exact) mass is 251 g/mol. The molecule has 0 bridgehead atoms. The molecule has 0 aromatic heterocycles. The summed E-state index contributed by atoms with van der Waals surface area (Å²) in [6, 6.07) is 1.30. The van der Waals surface area contributed by atoms with Crippen LogP contribution in [0.2, 0.25) is 0 Å². The Hall–Kier alpha value is -0.0800. The van der Waals surface area contributed by atoms with Gasteiger partial charge >= 0.3 is 0 Å². The van der Waals surface area contributed by atoms with Crippen LogP contribution in [0.25, 0.3) is 0 Å². The highest BCUT2D eigenvalue weighted by atomic mass is 16.3. The molecule has 5 unspecified atom stereocenters. The summed E-state index contributed by atoms with van der Waals surface area (Å²) < 4.78 is 0. The molecule has 2 nitrogen and oxygen atoms in total. The van der Waals surface area contributed by atoms with Gasteiger partial charge in [0.15, 0.2) is 0 Å². The van der Waals surface area contributed by atoms with Gasteiger partial charge in [-0.3, -0.25) is 4.90 Å². The lowest BCUT2D eigenvalue weighted by Gasteiger charge is -2.47. The Morgan fingerprint density at radius 3 is 2.67 bits per heavy atom. The fourth-order valence-electron chi connectivity index (χ4n) is 4.85. The lowest BCUT2D eigenvalue weighted by atomic mass is 9.79. The van der Waals surface area contributed by atoms with Crippen LogP contribution in [-0.2, 0) is 0 Å². The molecule has 0 aromatic rings. The van der Waals surface area contributed by atoms with Crippen LogP contribution in [0, 0.1) is 11.8 Å². The first-order chi connectivity index (χ1) is 8.79. The van der Waals surface area contributed by atoms with Crippen molar-refractivity contribution in [2.24, 2.45) is 11.8 Å². The molecule has 18 heavy (non-hydrogen) atoms. The van der Waals surface area contributed by atoms with E-state index in [9.17, 15) is 5.11 Å². The van der Waals surface area contributed by atoms with Gasteiger partial charge in [-0.1, -0.05) is 19.8 Å².